The van der Waals surface area contributed by atoms with E-state index >= 15 is 0 Å². The van der Waals surface area contributed by atoms with Crippen LogP contribution < -0.4 is 27.8 Å². The smallest absolute Gasteiger partial charge is 0.252 e. The lowest BCUT2D eigenvalue weighted by Gasteiger charge is -2.22. The van der Waals surface area contributed by atoms with Crippen LogP contribution in [0.1, 0.15) is 25.7 Å². The number of nitrogens with two attached hydrogens (primary N) is 1. The lowest BCUT2D eigenvalue weighted by molar-refractivity contribution is -0.0181. The zero-order valence-electron chi connectivity index (χ0n) is 13.6. The van der Waals surface area contributed by atoms with Crippen LogP contribution in [0, 0.1) is 0 Å². The average molecular weight is 368 g/mol. The number of rotatable bonds is 3. The van der Waals surface area contributed by atoms with Gasteiger partial charge in [-0.25, -0.2) is 24.6 Å². The summed E-state index contributed by atoms with van der Waals surface area (Å²) in [6.07, 6.45) is 2.72. The van der Waals surface area contributed by atoms with Crippen LogP contribution >= 0.6 is 0 Å². The summed E-state index contributed by atoms with van der Waals surface area (Å²) in [4.78, 5) is 33.6. The van der Waals surface area contributed by atoms with Gasteiger partial charge in [0, 0.05) is 30.7 Å². The summed E-state index contributed by atoms with van der Waals surface area (Å²) < 4.78 is 25.7. The predicted octanol–water partition coefficient (Wildman–Crippen LogP) is 0.803. The Morgan fingerprint density at radius 1 is 1.04 bits per heavy atom. The summed E-state index contributed by atoms with van der Waals surface area (Å²) >= 11 is 0. The molecule has 0 bridgehead atoms. The normalized spacial score (nSPS) is 15.4. The van der Waals surface area contributed by atoms with Gasteiger partial charge in [0.25, 0.3) is 11.1 Å². The maximum atomic E-state index is 12.9. The fraction of sp³-hybridized carbons (Fsp3) is 0.357. The van der Waals surface area contributed by atoms with Crippen molar-refractivity contribution in [3.63, 3.8) is 0 Å². The Hall–Kier alpha value is -3.15. The molecule has 2 aromatic rings. The highest BCUT2D eigenvalue weighted by Crippen LogP contribution is 2.31. The minimum Gasteiger partial charge on any atom is -0.313 e. The number of H-pyrrole nitrogens is 2. The first-order chi connectivity index (χ1) is 12.4. The number of aromatic nitrogens is 4. The van der Waals surface area contributed by atoms with Crippen molar-refractivity contribution in [1.82, 2.24) is 19.9 Å². The second-order valence-corrected chi connectivity index (χ2v) is 5.38. The van der Waals surface area contributed by atoms with Crippen molar-refractivity contribution in [2.75, 3.05) is 10.9 Å². The van der Waals surface area contributed by atoms with E-state index in [1.807, 2.05) is 0 Å². The van der Waals surface area contributed by atoms with Crippen LogP contribution in [0.15, 0.2) is 39.5 Å². The molecule has 0 atom stereocenters. The van der Waals surface area contributed by atoms with E-state index in [2.05, 4.69) is 35.9 Å². The van der Waals surface area contributed by atoms with E-state index in [4.69, 9.17) is 5.84 Å². The Morgan fingerprint density at radius 3 is 2.08 bits per heavy atom. The molecular formula is C14H18F2N8O2. The van der Waals surface area contributed by atoms with Gasteiger partial charge in [-0.05, 0) is 12.8 Å². The predicted molar refractivity (Wildman–Crippen MR) is 92.0 cm³/mol. The number of hydrogen-bond donors (Lipinski definition) is 5. The van der Waals surface area contributed by atoms with Gasteiger partial charge in [0.15, 0.2) is 5.82 Å². The van der Waals surface area contributed by atoms with Crippen LogP contribution in [-0.2, 0) is 0 Å². The second-order valence-electron chi connectivity index (χ2n) is 5.38. The van der Waals surface area contributed by atoms with E-state index in [-0.39, 0.29) is 36.8 Å². The molecule has 0 spiro atoms. The molecule has 6 N–H and O–H groups in total. The molecule has 0 saturated heterocycles. The molecule has 0 aliphatic heterocycles. The topological polar surface area (TPSA) is 154 Å². The molecule has 12 heteroatoms. The molecule has 1 fully saturated rings. The number of hydrazine groups is 1. The molecule has 2 aromatic heterocycles. The highest BCUT2D eigenvalue weighted by atomic mass is 19.3. The van der Waals surface area contributed by atoms with Crippen molar-refractivity contribution in [3.05, 3.63) is 45.5 Å². The van der Waals surface area contributed by atoms with Gasteiger partial charge in [-0.1, -0.05) is 0 Å². The first-order valence-corrected chi connectivity index (χ1v) is 7.63. The molecule has 1 aliphatic carbocycles. The van der Waals surface area contributed by atoms with Gasteiger partial charge in [0.2, 0.25) is 5.92 Å². The first kappa shape index (κ1) is 19.2. The van der Waals surface area contributed by atoms with Crippen LogP contribution in [0.3, 0.4) is 0 Å². The SMILES string of the molecule is NNc1cc(=O)[nH]cn1.O=c1cc(NN=C2CCC(F)(F)CC2)nc[nH]1. The monoisotopic (exact) mass is 368 g/mol. The summed E-state index contributed by atoms with van der Waals surface area (Å²) in [5.41, 5.74) is 4.99. The van der Waals surface area contributed by atoms with Crippen molar-refractivity contribution < 1.29 is 8.78 Å². The number of nitrogens with one attached hydrogen (secondary N) is 4. The molecule has 3 rings (SSSR count). The van der Waals surface area contributed by atoms with Gasteiger partial charge in [-0.3, -0.25) is 15.0 Å². The van der Waals surface area contributed by atoms with Gasteiger partial charge < -0.3 is 15.4 Å². The number of hydrogen-bond acceptors (Lipinski definition) is 8. The number of aromatic amines is 2. The van der Waals surface area contributed by atoms with Gasteiger partial charge >= 0.3 is 0 Å². The maximum absolute atomic E-state index is 12.9. The first-order valence-electron chi connectivity index (χ1n) is 7.63. The number of anilines is 2. The van der Waals surface area contributed by atoms with E-state index in [1.54, 1.807) is 0 Å². The summed E-state index contributed by atoms with van der Waals surface area (Å²) in [7, 11) is 0. The molecule has 2 heterocycles. The number of alkyl halides is 2. The Kier molecular flexibility index (Phi) is 6.49. The zero-order chi connectivity index (χ0) is 19.0. The lowest BCUT2D eigenvalue weighted by atomic mass is 9.95. The largest absolute Gasteiger partial charge is 0.313 e. The van der Waals surface area contributed by atoms with Gasteiger partial charge in [0.1, 0.15) is 5.82 Å². The number of nitrogen functional groups attached to an aromatic ring is 1. The second kappa shape index (κ2) is 8.80. The van der Waals surface area contributed by atoms with Crippen molar-refractivity contribution in [1.29, 1.82) is 0 Å². The lowest BCUT2D eigenvalue weighted by Crippen LogP contribution is -2.25. The molecule has 1 saturated carbocycles. The Morgan fingerprint density at radius 2 is 1.58 bits per heavy atom. The molecule has 0 radical (unpaired) electrons. The van der Waals surface area contributed by atoms with Gasteiger partial charge in [-0.2, -0.15) is 5.10 Å². The standard InChI is InChI=1S/C10H12F2N4O.C4H6N4O/c11-10(12)3-1-7(2-4-10)15-16-8-5-9(17)14-6-13-8;5-8-3-1-4(9)7-2-6-3/h5-6H,1-4H2,(H2,13,14,16,17);1-2H,5H2,(H2,6,7,8,9). The van der Waals surface area contributed by atoms with E-state index in [0.29, 0.717) is 17.3 Å². The van der Waals surface area contributed by atoms with Crippen LogP contribution in [-0.4, -0.2) is 31.6 Å². The van der Waals surface area contributed by atoms with Crippen LogP contribution in [0.5, 0.6) is 0 Å². The highest BCUT2D eigenvalue weighted by molar-refractivity contribution is 5.85. The number of halogens is 2. The summed E-state index contributed by atoms with van der Waals surface area (Å²) in [5, 5.41) is 3.98. The molecule has 0 aromatic carbocycles. The van der Waals surface area contributed by atoms with Crippen LogP contribution in [0.4, 0.5) is 20.4 Å². The van der Waals surface area contributed by atoms with E-state index in [0.717, 1.165) is 0 Å². The van der Waals surface area contributed by atoms with Gasteiger partial charge in [-0.15, -0.1) is 0 Å². The molecule has 140 valence electrons. The Bertz CT molecular complexity index is 852. The van der Waals surface area contributed by atoms with Crippen LogP contribution in [0.2, 0.25) is 0 Å². The molecular weight excluding hydrogens is 350 g/mol. The van der Waals surface area contributed by atoms with E-state index in [9.17, 15) is 18.4 Å². The maximum Gasteiger partial charge on any atom is 0.252 e. The van der Waals surface area contributed by atoms with Gasteiger partial charge in [0.05, 0.1) is 12.7 Å². The Balaban J connectivity index is 0.000000228. The quantitative estimate of drug-likeness (QED) is 0.396. The average Bonchev–Trinajstić information content (AvgIpc) is 2.61. The molecule has 1 aliphatic rings. The van der Waals surface area contributed by atoms with Crippen molar-refractivity contribution in [3.8, 4) is 0 Å². The third kappa shape index (κ3) is 6.39. The van der Waals surface area contributed by atoms with Crippen molar-refractivity contribution >= 4 is 17.3 Å². The summed E-state index contributed by atoms with van der Waals surface area (Å²) in [5.74, 6) is 3.05. The zero-order valence-corrected chi connectivity index (χ0v) is 13.6. The third-order valence-corrected chi connectivity index (χ3v) is 3.39. The molecule has 0 unspecified atom stereocenters. The molecule has 0 amide bonds. The minimum absolute atomic E-state index is 0.170. The molecule has 26 heavy (non-hydrogen) atoms. The van der Waals surface area contributed by atoms with E-state index < -0.39 is 5.92 Å². The minimum atomic E-state index is -2.57. The highest BCUT2D eigenvalue weighted by Gasteiger charge is 2.33. The van der Waals surface area contributed by atoms with E-state index in [1.165, 1.54) is 24.8 Å². The van der Waals surface area contributed by atoms with Crippen LogP contribution in [0.25, 0.3) is 0 Å². The summed E-state index contributed by atoms with van der Waals surface area (Å²) in [6.45, 7) is 0. The number of nitrogens with zero attached hydrogens (tertiary/aromatic N) is 3. The third-order valence-electron chi connectivity index (χ3n) is 3.39. The summed E-state index contributed by atoms with van der Waals surface area (Å²) in [6, 6.07) is 2.52. The Labute approximate surface area is 145 Å². The fourth-order valence-electron chi connectivity index (χ4n) is 2.03. The fourth-order valence-corrected chi connectivity index (χ4v) is 2.03. The molecule has 10 nitrogen and oxygen atoms in total. The number of hydrazone groups is 1. The van der Waals surface area contributed by atoms with Crippen molar-refractivity contribution in [2.24, 2.45) is 10.9 Å². The van der Waals surface area contributed by atoms with Crippen molar-refractivity contribution in [2.45, 2.75) is 31.6 Å².